The lowest BCUT2D eigenvalue weighted by Gasteiger charge is -2.18. The van der Waals surface area contributed by atoms with Crippen molar-refractivity contribution in [2.45, 2.75) is 26.2 Å². The number of nitriles is 1. The third-order valence-electron chi connectivity index (χ3n) is 2.01. The molecule has 0 bridgehead atoms. The molecule has 0 aliphatic heterocycles. The van der Waals surface area contributed by atoms with Crippen LogP contribution in [-0.2, 0) is 10.0 Å². The molecule has 0 atom stereocenters. The van der Waals surface area contributed by atoms with Gasteiger partial charge in [0.15, 0.2) is 0 Å². The number of hydrogen-bond donors (Lipinski definition) is 0. The van der Waals surface area contributed by atoms with Crippen molar-refractivity contribution in [3.63, 3.8) is 0 Å². The van der Waals surface area contributed by atoms with E-state index < -0.39 is 10.0 Å². The van der Waals surface area contributed by atoms with Gasteiger partial charge in [-0.05, 0) is 12.8 Å². The number of unbranched alkanes of at least 4 members (excludes halogenated alkanes) is 1. The summed E-state index contributed by atoms with van der Waals surface area (Å²) < 4.78 is 24.8. The summed E-state index contributed by atoms with van der Waals surface area (Å²) in [5, 5.41) is 8.40. The summed E-state index contributed by atoms with van der Waals surface area (Å²) in [6, 6.07) is 1.94. The zero-order valence-corrected chi connectivity index (χ0v) is 10.5. The molecule has 0 unspecified atom stereocenters. The second-order valence-corrected chi connectivity index (χ2v) is 5.58. The number of rotatable bonds is 8. The highest BCUT2D eigenvalue weighted by atomic mass is 35.5. The van der Waals surface area contributed by atoms with Crippen LogP contribution in [0.25, 0.3) is 0 Å². The highest BCUT2D eigenvalue weighted by molar-refractivity contribution is 7.89. The predicted molar refractivity (Wildman–Crippen MR) is 61.2 cm³/mol. The molecule has 88 valence electrons. The molecule has 0 aromatic heterocycles. The maximum absolute atomic E-state index is 11.7. The van der Waals surface area contributed by atoms with E-state index in [1.165, 1.54) is 4.31 Å². The van der Waals surface area contributed by atoms with E-state index in [2.05, 4.69) is 0 Å². The third-order valence-corrected chi connectivity index (χ3v) is 4.30. The fourth-order valence-electron chi connectivity index (χ4n) is 1.18. The monoisotopic (exact) mass is 252 g/mol. The molecule has 0 N–H and O–H groups in total. The Hall–Kier alpha value is -0.310. The molecule has 0 aliphatic rings. The van der Waals surface area contributed by atoms with Gasteiger partial charge in [-0.3, -0.25) is 0 Å². The van der Waals surface area contributed by atoms with Gasteiger partial charge in [0.05, 0.1) is 11.8 Å². The minimum absolute atomic E-state index is 0.124. The lowest BCUT2D eigenvalue weighted by Crippen LogP contribution is -2.33. The summed E-state index contributed by atoms with van der Waals surface area (Å²) in [5.41, 5.74) is 0. The Labute approximate surface area is 96.9 Å². The summed E-state index contributed by atoms with van der Waals surface area (Å²) in [6.45, 7) is 2.48. The molecule has 0 saturated heterocycles. The molecule has 0 spiro atoms. The molecule has 0 aromatic carbocycles. The second kappa shape index (κ2) is 7.91. The van der Waals surface area contributed by atoms with E-state index in [4.69, 9.17) is 16.9 Å². The molecule has 0 fully saturated rings. The normalized spacial score (nSPS) is 11.6. The van der Waals surface area contributed by atoms with Crippen molar-refractivity contribution in [2.75, 3.05) is 24.7 Å². The van der Waals surface area contributed by atoms with E-state index in [1.807, 2.05) is 6.07 Å². The van der Waals surface area contributed by atoms with Gasteiger partial charge in [0.1, 0.15) is 0 Å². The predicted octanol–water partition coefficient (Wildman–Crippen LogP) is 1.57. The van der Waals surface area contributed by atoms with E-state index in [0.717, 1.165) is 0 Å². The van der Waals surface area contributed by atoms with Crippen molar-refractivity contribution in [2.24, 2.45) is 0 Å². The van der Waals surface area contributed by atoms with Crippen molar-refractivity contribution in [1.29, 1.82) is 5.26 Å². The Morgan fingerprint density at radius 2 is 2.07 bits per heavy atom. The highest BCUT2D eigenvalue weighted by Gasteiger charge is 2.18. The highest BCUT2D eigenvalue weighted by Crippen LogP contribution is 2.06. The van der Waals surface area contributed by atoms with Gasteiger partial charge in [-0.1, -0.05) is 6.92 Å². The Balaban J connectivity index is 4.20. The molecule has 4 nitrogen and oxygen atoms in total. The molecule has 6 heteroatoms. The molecular formula is C9H17ClN2O2S. The first-order valence-electron chi connectivity index (χ1n) is 4.99. The van der Waals surface area contributed by atoms with E-state index in [1.54, 1.807) is 6.92 Å². The Kier molecular flexibility index (Phi) is 7.75. The SMILES string of the molecule is CCN(CCC#N)S(=O)(=O)CCCCCl. The smallest absolute Gasteiger partial charge is 0.212 e. The van der Waals surface area contributed by atoms with Gasteiger partial charge < -0.3 is 0 Å². The van der Waals surface area contributed by atoms with E-state index >= 15 is 0 Å². The molecule has 0 saturated carbocycles. The minimum atomic E-state index is -3.19. The third kappa shape index (κ3) is 5.98. The maximum atomic E-state index is 11.7. The summed E-state index contributed by atoms with van der Waals surface area (Å²) in [7, 11) is -3.19. The first-order valence-corrected chi connectivity index (χ1v) is 7.13. The van der Waals surface area contributed by atoms with Gasteiger partial charge in [-0.25, -0.2) is 12.7 Å². The number of halogens is 1. The first-order chi connectivity index (χ1) is 7.08. The molecular weight excluding hydrogens is 236 g/mol. The second-order valence-electron chi connectivity index (χ2n) is 3.11. The van der Waals surface area contributed by atoms with Crippen LogP contribution in [0, 0.1) is 11.3 Å². The van der Waals surface area contributed by atoms with Crippen molar-refractivity contribution >= 4 is 21.6 Å². The molecule has 0 aliphatic carbocycles. The van der Waals surface area contributed by atoms with Gasteiger partial charge in [0.25, 0.3) is 0 Å². The number of alkyl halides is 1. The van der Waals surface area contributed by atoms with E-state index in [0.29, 0.717) is 25.3 Å². The Morgan fingerprint density at radius 3 is 2.53 bits per heavy atom. The van der Waals surface area contributed by atoms with Crippen LogP contribution in [0.4, 0.5) is 0 Å². The molecule has 0 amide bonds. The van der Waals surface area contributed by atoms with Gasteiger partial charge in [0, 0.05) is 25.4 Å². The largest absolute Gasteiger partial charge is 0.214 e. The average Bonchev–Trinajstić information content (AvgIpc) is 2.19. The number of nitrogens with zero attached hydrogens (tertiary/aromatic N) is 2. The average molecular weight is 253 g/mol. The number of sulfonamides is 1. The summed E-state index contributed by atoms with van der Waals surface area (Å²) in [6.07, 6.45) is 1.52. The van der Waals surface area contributed by atoms with Crippen LogP contribution < -0.4 is 0 Å². The molecule has 0 radical (unpaired) electrons. The molecule has 0 rings (SSSR count). The number of hydrogen-bond acceptors (Lipinski definition) is 3. The minimum Gasteiger partial charge on any atom is -0.212 e. The van der Waals surface area contributed by atoms with E-state index in [9.17, 15) is 8.42 Å². The standard InChI is InChI=1S/C9H17ClN2O2S/c1-2-12(8-5-7-11)15(13,14)9-4-3-6-10/h2-6,8-9H2,1H3. The van der Waals surface area contributed by atoms with Gasteiger partial charge >= 0.3 is 0 Å². The zero-order chi connectivity index (χ0) is 11.7. The fourth-order valence-corrected chi connectivity index (χ4v) is 2.96. The molecule has 0 aromatic rings. The van der Waals surface area contributed by atoms with Gasteiger partial charge in [0.2, 0.25) is 10.0 Å². The summed E-state index contributed by atoms with van der Waals surface area (Å²) >= 11 is 5.48. The van der Waals surface area contributed by atoms with Crippen LogP contribution in [-0.4, -0.2) is 37.4 Å². The summed E-state index contributed by atoms with van der Waals surface area (Å²) in [5.74, 6) is 0.610. The van der Waals surface area contributed by atoms with Crippen LogP contribution >= 0.6 is 11.6 Å². The van der Waals surface area contributed by atoms with Crippen molar-refractivity contribution < 1.29 is 8.42 Å². The topological polar surface area (TPSA) is 61.2 Å². The maximum Gasteiger partial charge on any atom is 0.214 e. The van der Waals surface area contributed by atoms with Crippen molar-refractivity contribution in [3.05, 3.63) is 0 Å². The lowest BCUT2D eigenvalue weighted by molar-refractivity contribution is 0.434. The van der Waals surface area contributed by atoms with Crippen LogP contribution in [0.15, 0.2) is 0 Å². The Bertz CT molecular complexity index is 298. The van der Waals surface area contributed by atoms with E-state index in [-0.39, 0.29) is 18.7 Å². The van der Waals surface area contributed by atoms with Crippen LogP contribution in [0.3, 0.4) is 0 Å². The van der Waals surface area contributed by atoms with Crippen LogP contribution in [0.2, 0.25) is 0 Å². The molecule has 15 heavy (non-hydrogen) atoms. The van der Waals surface area contributed by atoms with Gasteiger partial charge in [-0.15, -0.1) is 11.6 Å². The van der Waals surface area contributed by atoms with Gasteiger partial charge in [-0.2, -0.15) is 5.26 Å². The van der Waals surface area contributed by atoms with Crippen LogP contribution in [0.5, 0.6) is 0 Å². The first kappa shape index (κ1) is 14.7. The fraction of sp³-hybridized carbons (Fsp3) is 0.889. The molecule has 0 heterocycles. The summed E-state index contributed by atoms with van der Waals surface area (Å²) in [4.78, 5) is 0. The Morgan fingerprint density at radius 1 is 1.40 bits per heavy atom. The van der Waals surface area contributed by atoms with Crippen molar-refractivity contribution in [3.8, 4) is 6.07 Å². The zero-order valence-electron chi connectivity index (χ0n) is 8.95. The lowest BCUT2D eigenvalue weighted by atomic mass is 10.4. The quantitative estimate of drug-likeness (QED) is 0.487. The van der Waals surface area contributed by atoms with Crippen molar-refractivity contribution in [1.82, 2.24) is 4.31 Å². The van der Waals surface area contributed by atoms with Crippen LogP contribution in [0.1, 0.15) is 26.2 Å².